The predicted molar refractivity (Wildman–Crippen MR) is 113 cm³/mol. The third-order valence-electron chi connectivity index (χ3n) is 4.90. The van der Waals surface area contributed by atoms with E-state index < -0.39 is 0 Å². The lowest BCUT2D eigenvalue weighted by Crippen LogP contribution is -2.36. The largest absolute Gasteiger partial charge is 0.375 e. The first-order valence-corrected chi connectivity index (χ1v) is 10.1. The van der Waals surface area contributed by atoms with Crippen molar-refractivity contribution in [3.05, 3.63) is 64.2 Å². The van der Waals surface area contributed by atoms with Gasteiger partial charge >= 0.3 is 0 Å². The highest BCUT2D eigenvalue weighted by atomic mass is 35.5. The highest BCUT2D eigenvalue weighted by Gasteiger charge is 2.21. The maximum absolute atomic E-state index is 12.9. The summed E-state index contributed by atoms with van der Waals surface area (Å²) in [4.78, 5) is 26.9. The van der Waals surface area contributed by atoms with E-state index in [1.54, 1.807) is 18.2 Å². The van der Waals surface area contributed by atoms with E-state index in [9.17, 15) is 9.59 Å². The molecule has 1 heterocycles. The van der Waals surface area contributed by atoms with Gasteiger partial charge in [-0.3, -0.25) is 9.59 Å². The fourth-order valence-electron chi connectivity index (χ4n) is 3.26. The van der Waals surface area contributed by atoms with Crippen LogP contribution in [0.1, 0.15) is 40.7 Å². The number of halogens is 1. The topological polar surface area (TPSA) is 61.4 Å². The number of nitrogens with one attached hydrogen (secondary N) is 2. The Morgan fingerprint density at radius 3 is 2.46 bits per heavy atom. The molecule has 2 aromatic rings. The third-order valence-corrected chi connectivity index (χ3v) is 5.14. The molecule has 0 aliphatic carbocycles. The molecule has 28 heavy (non-hydrogen) atoms. The summed E-state index contributed by atoms with van der Waals surface area (Å²) in [5, 5.41) is 6.49. The molecule has 1 aliphatic heterocycles. The second-order valence-corrected chi connectivity index (χ2v) is 7.60. The van der Waals surface area contributed by atoms with Gasteiger partial charge in [-0.15, -0.1) is 0 Å². The van der Waals surface area contributed by atoms with Crippen LogP contribution >= 0.6 is 11.6 Å². The number of anilines is 1. The van der Waals surface area contributed by atoms with Gasteiger partial charge in [0, 0.05) is 30.3 Å². The molecule has 1 saturated heterocycles. The molecule has 0 aromatic heterocycles. The Morgan fingerprint density at radius 1 is 1.04 bits per heavy atom. The minimum atomic E-state index is -0.142. The van der Waals surface area contributed by atoms with Crippen LogP contribution in [0, 0.1) is 6.92 Å². The molecule has 0 radical (unpaired) electrons. The average Bonchev–Trinajstić information content (AvgIpc) is 2.72. The fraction of sp³-hybridized carbons (Fsp3) is 0.364. The lowest BCUT2D eigenvalue weighted by Gasteiger charge is -2.27. The zero-order valence-corrected chi connectivity index (χ0v) is 16.9. The first-order chi connectivity index (χ1) is 13.5. The van der Waals surface area contributed by atoms with Gasteiger partial charge in [-0.2, -0.15) is 0 Å². The average molecular weight is 400 g/mol. The number of piperidine rings is 1. The van der Waals surface area contributed by atoms with E-state index in [4.69, 9.17) is 11.6 Å². The second-order valence-electron chi connectivity index (χ2n) is 7.16. The van der Waals surface area contributed by atoms with Crippen LogP contribution in [-0.2, 0) is 11.3 Å². The van der Waals surface area contributed by atoms with E-state index in [1.165, 1.54) is 5.56 Å². The minimum Gasteiger partial charge on any atom is -0.375 e. The van der Waals surface area contributed by atoms with Gasteiger partial charge < -0.3 is 15.5 Å². The normalized spacial score (nSPS) is 13.9. The molecule has 1 aliphatic rings. The van der Waals surface area contributed by atoms with E-state index >= 15 is 0 Å². The van der Waals surface area contributed by atoms with Gasteiger partial charge in [-0.1, -0.05) is 41.4 Å². The van der Waals surface area contributed by atoms with E-state index in [0.717, 1.165) is 37.9 Å². The van der Waals surface area contributed by atoms with E-state index in [1.807, 2.05) is 36.1 Å². The van der Waals surface area contributed by atoms with Crippen LogP contribution in [0.5, 0.6) is 0 Å². The maximum atomic E-state index is 12.9. The van der Waals surface area contributed by atoms with Crippen molar-refractivity contribution in [2.24, 2.45) is 0 Å². The molecular weight excluding hydrogens is 374 g/mol. The van der Waals surface area contributed by atoms with Crippen molar-refractivity contribution in [3.8, 4) is 0 Å². The summed E-state index contributed by atoms with van der Waals surface area (Å²) in [5.41, 5.74) is 3.37. The molecule has 6 heteroatoms. The first-order valence-electron chi connectivity index (χ1n) is 9.68. The van der Waals surface area contributed by atoms with E-state index in [2.05, 4.69) is 10.6 Å². The molecule has 0 bridgehead atoms. The molecule has 0 unspecified atom stereocenters. The van der Waals surface area contributed by atoms with Crippen molar-refractivity contribution >= 4 is 29.1 Å². The number of hydrogen-bond donors (Lipinski definition) is 2. The highest BCUT2D eigenvalue weighted by molar-refractivity contribution is 6.31. The van der Waals surface area contributed by atoms with Crippen molar-refractivity contribution in [1.29, 1.82) is 0 Å². The molecule has 0 spiro atoms. The molecule has 2 aromatic carbocycles. The van der Waals surface area contributed by atoms with Crippen molar-refractivity contribution < 1.29 is 9.59 Å². The minimum absolute atomic E-state index is 0.0149. The van der Waals surface area contributed by atoms with Crippen LogP contribution in [0.3, 0.4) is 0 Å². The van der Waals surface area contributed by atoms with Crippen molar-refractivity contribution in [3.63, 3.8) is 0 Å². The van der Waals surface area contributed by atoms with Gasteiger partial charge in [-0.25, -0.2) is 0 Å². The number of likely N-dealkylation sites (tertiary alicyclic amines) is 1. The lowest BCUT2D eigenvalue weighted by molar-refractivity contribution is -0.119. The molecule has 2 N–H and O–H groups in total. The quantitative estimate of drug-likeness (QED) is 0.771. The summed E-state index contributed by atoms with van der Waals surface area (Å²) >= 11 is 6.11. The van der Waals surface area contributed by atoms with Gasteiger partial charge in [-0.05, 0) is 49.9 Å². The van der Waals surface area contributed by atoms with Gasteiger partial charge in [0.25, 0.3) is 5.91 Å². The Balaban J connectivity index is 1.59. The van der Waals surface area contributed by atoms with E-state index in [-0.39, 0.29) is 18.4 Å². The molecular formula is C22H26ClN3O2. The summed E-state index contributed by atoms with van der Waals surface area (Å²) in [5.74, 6) is -0.157. The molecule has 148 valence electrons. The van der Waals surface area contributed by atoms with Crippen molar-refractivity contribution in [1.82, 2.24) is 10.2 Å². The van der Waals surface area contributed by atoms with Crippen molar-refractivity contribution in [2.75, 3.05) is 25.0 Å². The molecule has 0 atom stereocenters. The van der Waals surface area contributed by atoms with Crippen LogP contribution in [-0.4, -0.2) is 36.3 Å². The number of nitrogens with zero attached hydrogens (tertiary/aromatic N) is 1. The number of aryl methyl sites for hydroxylation is 1. The smallest absolute Gasteiger partial charge is 0.255 e. The van der Waals surface area contributed by atoms with Crippen LogP contribution in [0.4, 0.5) is 5.69 Å². The zero-order chi connectivity index (χ0) is 19.9. The monoisotopic (exact) mass is 399 g/mol. The summed E-state index contributed by atoms with van der Waals surface area (Å²) in [7, 11) is 0. The summed E-state index contributed by atoms with van der Waals surface area (Å²) in [6, 6.07) is 13.2. The summed E-state index contributed by atoms with van der Waals surface area (Å²) < 4.78 is 0. The van der Waals surface area contributed by atoms with Crippen molar-refractivity contribution in [2.45, 2.75) is 32.7 Å². The molecule has 1 fully saturated rings. The van der Waals surface area contributed by atoms with Crippen LogP contribution in [0.2, 0.25) is 5.02 Å². The molecule has 3 rings (SSSR count). The standard InChI is InChI=1S/C22H26ClN3O2/c1-16-5-7-17(8-6-16)14-25-21(27)15-24-20-13-18(23)9-10-19(20)22(28)26-11-3-2-4-12-26/h5-10,13,24H,2-4,11-12,14-15H2,1H3,(H,25,27). The Hall–Kier alpha value is -2.53. The summed E-state index contributed by atoms with van der Waals surface area (Å²) in [6.45, 7) is 4.12. The number of carbonyl (C=O) groups excluding carboxylic acids is 2. The fourth-order valence-corrected chi connectivity index (χ4v) is 3.43. The Labute approximate surface area is 171 Å². The molecule has 2 amide bonds. The highest BCUT2D eigenvalue weighted by Crippen LogP contribution is 2.24. The molecule has 0 saturated carbocycles. The number of amides is 2. The van der Waals surface area contributed by atoms with Crippen LogP contribution < -0.4 is 10.6 Å². The Morgan fingerprint density at radius 2 is 1.75 bits per heavy atom. The van der Waals surface area contributed by atoms with E-state index in [0.29, 0.717) is 22.8 Å². The third kappa shape index (κ3) is 5.49. The number of rotatable bonds is 6. The maximum Gasteiger partial charge on any atom is 0.255 e. The lowest BCUT2D eigenvalue weighted by atomic mass is 10.1. The predicted octanol–water partition coefficient (Wildman–Crippen LogP) is 4.00. The first kappa shape index (κ1) is 20.2. The summed E-state index contributed by atoms with van der Waals surface area (Å²) in [6.07, 6.45) is 3.23. The van der Waals surface area contributed by atoms with Gasteiger partial charge in [0.15, 0.2) is 0 Å². The Bertz CT molecular complexity index is 830. The number of benzene rings is 2. The Kier molecular flexibility index (Phi) is 6.93. The number of hydrogen-bond acceptors (Lipinski definition) is 3. The van der Waals surface area contributed by atoms with Crippen LogP contribution in [0.25, 0.3) is 0 Å². The zero-order valence-electron chi connectivity index (χ0n) is 16.1. The number of carbonyl (C=O) groups is 2. The SMILES string of the molecule is Cc1ccc(CNC(=O)CNc2cc(Cl)ccc2C(=O)N2CCCCC2)cc1. The van der Waals surface area contributed by atoms with Gasteiger partial charge in [0.1, 0.15) is 0 Å². The van der Waals surface area contributed by atoms with Gasteiger partial charge in [0.2, 0.25) is 5.91 Å². The van der Waals surface area contributed by atoms with Gasteiger partial charge in [0.05, 0.1) is 12.1 Å². The van der Waals surface area contributed by atoms with Crippen LogP contribution in [0.15, 0.2) is 42.5 Å². The second kappa shape index (κ2) is 9.60. The molecule has 5 nitrogen and oxygen atoms in total.